The molecule has 0 saturated carbocycles. The lowest BCUT2D eigenvalue weighted by atomic mass is 10.2. The van der Waals surface area contributed by atoms with E-state index in [-0.39, 0.29) is 4.90 Å². The SMILES string of the molecule is C[C@H](NS(=O)(=O)c1ccc(F)cc1)C(=O)NCCCn1ccc2ccccc21. The molecule has 1 amide bonds. The third-order valence-electron chi connectivity index (χ3n) is 4.40. The van der Waals surface area contributed by atoms with Gasteiger partial charge in [-0.3, -0.25) is 4.79 Å². The summed E-state index contributed by atoms with van der Waals surface area (Å²) in [6, 6.07) is 13.6. The number of carbonyl (C=O) groups is 1. The van der Waals surface area contributed by atoms with Crippen molar-refractivity contribution < 1.29 is 17.6 Å². The summed E-state index contributed by atoms with van der Waals surface area (Å²) in [6.07, 6.45) is 2.72. The van der Waals surface area contributed by atoms with Gasteiger partial charge in [-0.25, -0.2) is 12.8 Å². The van der Waals surface area contributed by atoms with Crippen molar-refractivity contribution in [2.75, 3.05) is 6.54 Å². The molecule has 0 aliphatic rings. The van der Waals surface area contributed by atoms with Crippen LogP contribution in [-0.2, 0) is 21.4 Å². The topological polar surface area (TPSA) is 80.2 Å². The van der Waals surface area contributed by atoms with Crippen molar-refractivity contribution >= 4 is 26.8 Å². The van der Waals surface area contributed by atoms with Gasteiger partial charge in [-0.05, 0) is 55.1 Å². The number of aryl methyl sites for hydroxylation is 1. The average Bonchev–Trinajstić information content (AvgIpc) is 3.08. The van der Waals surface area contributed by atoms with Crippen LogP contribution in [0.4, 0.5) is 4.39 Å². The summed E-state index contributed by atoms with van der Waals surface area (Å²) in [5.74, 6) is -0.941. The van der Waals surface area contributed by atoms with Crippen LogP contribution in [-0.4, -0.2) is 31.5 Å². The van der Waals surface area contributed by atoms with E-state index in [0.717, 1.165) is 41.7 Å². The second kappa shape index (κ2) is 8.53. The van der Waals surface area contributed by atoms with E-state index in [2.05, 4.69) is 14.6 Å². The lowest BCUT2D eigenvalue weighted by molar-refractivity contribution is -0.122. The van der Waals surface area contributed by atoms with Gasteiger partial charge in [0.2, 0.25) is 15.9 Å². The highest BCUT2D eigenvalue weighted by atomic mass is 32.2. The number of hydrogen-bond acceptors (Lipinski definition) is 3. The van der Waals surface area contributed by atoms with Crippen molar-refractivity contribution in [2.24, 2.45) is 0 Å². The molecule has 0 bridgehead atoms. The van der Waals surface area contributed by atoms with Gasteiger partial charge in [0.25, 0.3) is 0 Å². The number of fused-ring (bicyclic) bond motifs is 1. The summed E-state index contributed by atoms with van der Waals surface area (Å²) < 4.78 is 41.9. The average molecular weight is 403 g/mol. The predicted molar refractivity (Wildman–Crippen MR) is 106 cm³/mol. The number of benzene rings is 2. The molecule has 3 aromatic rings. The molecule has 0 spiro atoms. The zero-order valence-corrected chi connectivity index (χ0v) is 16.2. The van der Waals surface area contributed by atoms with Gasteiger partial charge in [-0.1, -0.05) is 18.2 Å². The molecule has 0 fully saturated rings. The van der Waals surface area contributed by atoms with Crippen LogP contribution in [0.25, 0.3) is 10.9 Å². The van der Waals surface area contributed by atoms with Crippen molar-refractivity contribution in [1.82, 2.24) is 14.6 Å². The first-order chi connectivity index (χ1) is 13.4. The number of halogens is 1. The molecule has 28 heavy (non-hydrogen) atoms. The molecule has 1 atom stereocenters. The van der Waals surface area contributed by atoms with Gasteiger partial charge in [-0.15, -0.1) is 0 Å². The number of amides is 1. The molecule has 2 N–H and O–H groups in total. The Morgan fingerprint density at radius 2 is 1.82 bits per heavy atom. The second-order valence-electron chi connectivity index (χ2n) is 6.51. The number of nitrogens with one attached hydrogen (secondary N) is 2. The quantitative estimate of drug-likeness (QED) is 0.568. The molecule has 0 saturated heterocycles. The van der Waals surface area contributed by atoms with Crippen LogP contribution in [0.3, 0.4) is 0 Å². The number of carbonyl (C=O) groups excluding carboxylic acids is 1. The Labute approximate surface area is 163 Å². The van der Waals surface area contributed by atoms with Gasteiger partial charge in [0.05, 0.1) is 10.9 Å². The Kier molecular flexibility index (Phi) is 6.11. The zero-order valence-electron chi connectivity index (χ0n) is 15.4. The van der Waals surface area contributed by atoms with Crippen molar-refractivity contribution in [2.45, 2.75) is 30.8 Å². The normalized spacial score (nSPS) is 12.8. The highest BCUT2D eigenvalue weighted by Gasteiger charge is 2.21. The van der Waals surface area contributed by atoms with Crippen LogP contribution in [0.2, 0.25) is 0 Å². The Balaban J connectivity index is 1.48. The van der Waals surface area contributed by atoms with E-state index in [4.69, 9.17) is 0 Å². The maximum atomic E-state index is 12.9. The van der Waals surface area contributed by atoms with Gasteiger partial charge in [0.15, 0.2) is 0 Å². The highest BCUT2D eigenvalue weighted by molar-refractivity contribution is 7.89. The van der Waals surface area contributed by atoms with Gasteiger partial charge in [0, 0.05) is 24.8 Å². The van der Waals surface area contributed by atoms with Crippen LogP contribution in [0, 0.1) is 5.82 Å². The van der Waals surface area contributed by atoms with E-state index in [1.54, 1.807) is 0 Å². The number of para-hydroxylation sites is 1. The molecule has 6 nitrogen and oxygen atoms in total. The smallest absolute Gasteiger partial charge is 0.241 e. The Bertz CT molecular complexity index is 1060. The second-order valence-corrected chi connectivity index (χ2v) is 8.22. The van der Waals surface area contributed by atoms with Crippen molar-refractivity contribution in [1.29, 1.82) is 0 Å². The minimum absolute atomic E-state index is 0.0898. The summed E-state index contributed by atoms with van der Waals surface area (Å²) >= 11 is 0. The standard InChI is InChI=1S/C20H22FN3O3S/c1-15(23-28(26,27)18-9-7-17(21)8-10-18)20(25)22-12-4-13-24-14-11-16-5-2-3-6-19(16)24/h2-3,5-11,14-15,23H,4,12-13H2,1H3,(H,22,25)/t15-/m0/s1. The van der Waals surface area contributed by atoms with Crippen LogP contribution in [0.15, 0.2) is 65.7 Å². The third-order valence-corrected chi connectivity index (χ3v) is 5.96. The fourth-order valence-electron chi connectivity index (χ4n) is 2.92. The number of sulfonamides is 1. The molecule has 1 aromatic heterocycles. The zero-order chi connectivity index (χ0) is 20.1. The first kappa shape index (κ1) is 20.0. The summed E-state index contributed by atoms with van der Waals surface area (Å²) in [5.41, 5.74) is 1.13. The van der Waals surface area contributed by atoms with Crippen LogP contribution in [0.1, 0.15) is 13.3 Å². The summed E-state index contributed by atoms with van der Waals surface area (Å²) in [5, 5.41) is 3.90. The molecule has 0 aliphatic carbocycles. The molecular formula is C20H22FN3O3S. The Morgan fingerprint density at radius 1 is 1.11 bits per heavy atom. The Hall–Kier alpha value is -2.71. The molecular weight excluding hydrogens is 381 g/mol. The van der Waals surface area contributed by atoms with Crippen molar-refractivity contribution in [3.05, 3.63) is 66.6 Å². The molecule has 0 aliphatic heterocycles. The summed E-state index contributed by atoms with van der Waals surface area (Å²) in [7, 11) is -3.89. The number of rotatable bonds is 8. The van der Waals surface area contributed by atoms with Crippen molar-refractivity contribution in [3.63, 3.8) is 0 Å². The maximum Gasteiger partial charge on any atom is 0.241 e. The molecule has 148 valence electrons. The fourth-order valence-corrected chi connectivity index (χ4v) is 4.12. The predicted octanol–water partition coefficient (Wildman–Crippen LogP) is 2.65. The minimum atomic E-state index is -3.89. The fraction of sp³-hybridized carbons (Fsp3) is 0.250. The lowest BCUT2D eigenvalue weighted by Gasteiger charge is -2.14. The molecule has 2 aromatic carbocycles. The minimum Gasteiger partial charge on any atom is -0.355 e. The summed E-state index contributed by atoms with van der Waals surface area (Å²) in [6.45, 7) is 2.63. The molecule has 8 heteroatoms. The Morgan fingerprint density at radius 3 is 2.57 bits per heavy atom. The van der Waals surface area contributed by atoms with Crippen molar-refractivity contribution in [3.8, 4) is 0 Å². The number of hydrogen-bond donors (Lipinski definition) is 2. The van der Waals surface area contributed by atoms with Gasteiger partial charge < -0.3 is 9.88 Å². The van der Waals surface area contributed by atoms with E-state index in [9.17, 15) is 17.6 Å². The van der Waals surface area contributed by atoms with E-state index < -0.39 is 27.8 Å². The van der Waals surface area contributed by atoms with Crippen LogP contribution < -0.4 is 10.0 Å². The highest BCUT2D eigenvalue weighted by Crippen LogP contribution is 2.15. The molecule has 3 rings (SSSR count). The largest absolute Gasteiger partial charge is 0.355 e. The first-order valence-corrected chi connectivity index (χ1v) is 10.4. The maximum absolute atomic E-state index is 12.9. The molecule has 1 heterocycles. The van der Waals surface area contributed by atoms with E-state index in [0.29, 0.717) is 13.0 Å². The molecule has 0 unspecified atom stereocenters. The molecule has 0 radical (unpaired) electrons. The van der Waals surface area contributed by atoms with Crippen LogP contribution >= 0.6 is 0 Å². The monoisotopic (exact) mass is 403 g/mol. The van der Waals surface area contributed by atoms with E-state index >= 15 is 0 Å². The van der Waals surface area contributed by atoms with Gasteiger partial charge >= 0.3 is 0 Å². The number of aromatic nitrogens is 1. The first-order valence-electron chi connectivity index (χ1n) is 8.96. The van der Waals surface area contributed by atoms with Gasteiger partial charge in [-0.2, -0.15) is 4.72 Å². The third kappa shape index (κ3) is 4.76. The van der Waals surface area contributed by atoms with Crippen LogP contribution in [0.5, 0.6) is 0 Å². The van der Waals surface area contributed by atoms with Gasteiger partial charge in [0.1, 0.15) is 5.82 Å². The van der Waals surface area contributed by atoms with E-state index in [1.165, 1.54) is 6.92 Å². The van der Waals surface area contributed by atoms with E-state index in [1.807, 2.05) is 36.5 Å². The summed E-state index contributed by atoms with van der Waals surface area (Å²) in [4.78, 5) is 12.1. The lowest BCUT2D eigenvalue weighted by Crippen LogP contribution is -2.45. The number of nitrogens with zero attached hydrogens (tertiary/aromatic N) is 1.